The number of ketones is 1. The fourth-order valence-corrected chi connectivity index (χ4v) is 2.71. The third-order valence-electron chi connectivity index (χ3n) is 3.33. The predicted molar refractivity (Wildman–Crippen MR) is 81.8 cm³/mol. The molecule has 2 N–H and O–H groups in total. The largest absolute Gasteiger partial charge is 0.394 e. The fraction of sp³-hybridized carbons (Fsp3) is 0.0667. The first-order valence-electron chi connectivity index (χ1n) is 6.32. The molecule has 3 aromatic rings. The van der Waals surface area contributed by atoms with Crippen molar-refractivity contribution in [2.24, 2.45) is 0 Å². The van der Waals surface area contributed by atoms with E-state index in [9.17, 15) is 13.6 Å². The molecular formula is C15H10BrF2N3O. The van der Waals surface area contributed by atoms with Crippen LogP contribution in [0.3, 0.4) is 0 Å². The Kier molecular flexibility index (Phi) is 3.44. The number of nitrogen functional groups attached to an aromatic ring is 1. The lowest BCUT2D eigenvalue weighted by molar-refractivity contribution is 0.103. The van der Waals surface area contributed by atoms with Gasteiger partial charge < -0.3 is 5.73 Å². The van der Waals surface area contributed by atoms with Crippen LogP contribution < -0.4 is 5.73 Å². The van der Waals surface area contributed by atoms with Gasteiger partial charge in [-0.25, -0.2) is 13.8 Å². The van der Waals surface area contributed by atoms with Crippen molar-refractivity contribution in [2.45, 2.75) is 6.92 Å². The monoisotopic (exact) mass is 365 g/mol. The maximum absolute atomic E-state index is 13.6. The van der Waals surface area contributed by atoms with E-state index in [1.165, 1.54) is 0 Å². The topological polar surface area (TPSA) is 60.4 Å². The Morgan fingerprint density at radius 3 is 2.59 bits per heavy atom. The van der Waals surface area contributed by atoms with Gasteiger partial charge in [0.1, 0.15) is 23.0 Å². The number of benzene rings is 1. The van der Waals surface area contributed by atoms with E-state index in [1.54, 1.807) is 29.7 Å². The normalized spacial score (nSPS) is 11.1. The van der Waals surface area contributed by atoms with Crippen LogP contribution in [-0.4, -0.2) is 15.2 Å². The number of aromatic nitrogens is 2. The molecule has 3 rings (SSSR count). The minimum Gasteiger partial charge on any atom is -0.394 e. The first kappa shape index (κ1) is 14.6. The molecule has 0 fully saturated rings. The molecule has 0 atom stereocenters. The zero-order valence-corrected chi connectivity index (χ0v) is 13.0. The lowest BCUT2D eigenvalue weighted by atomic mass is 10.1. The molecule has 0 saturated heterocycles. The van der Waals surface area contributed by atoms with Crippen molar-refractivity contribution in [3.8, 4) is 0 Å². The molecule has 0 spiro atoms. The van der Waals surface area contributed by atoms with E-state index in [2.05, 4.69) is 20.9 Å². The van der Waals surface area contributed by atoms with Gasteiger partial charge in [-0.05, 0) is 47.1 Å². The smallest absolute Gasteiger partial charge is 0.211 e. The Morgan fingerprint density at radius 2 is 1.95 bits per heavy atom. The minimum atomic E-state index is -0.962. The van der Waals surface area contributed by atoms with Crippen molar-refractivity contribution in [3.05, 3.63) is 63.5 Å². The molecule has 7 heteroatoms. The summed E-state index contributed by atoms with van der Waals surface area (Å²) in [6.07, 6.45) is 1.66. The summed E-state index contributed by atoms with van der Waals surface area (Å²) in [6, 6.07) is 5.38. The maximum Gasteiger partial charge on any atom is 0.211 e. The van der Waals surface area contributed by atoms with Crippen molar-refractivity contribution in [1.82, 2.24) is 9.38 Å². The second-order valence-electron chi connectivity index (χ2n) is 4.78. The number of aryl methyl sites for hydroxylation is 1. The van der Waals surface area contributed by atoms with Crippen LogP contribution in [0, 0.1) is 18.6 Å². The summed E-state index contributed by atoms with van der Waals surface area (Å²) < 4.78 is 29.4. The highest BCUT2D eigenvalue weighted by molar-refractivity contribution is 9.10. The van der Waals surface area contributed by atoms with Crippen LogP contribution in [0.2, 0.25) is 0 Å². The van der Waals surface area contributed by atoms with E-state index in [-0.39, 0.29) is 11.3 Å². The Labute approximate surface area is 132 Å². The molecule has 2 aromatic heterocycles. The Bertz CT molecular complexity index is 898. The molecule has 1 aromatic carbocycles. The van der Waals surface area contributed by atoms with E-state index in [0.717, 1.165) is 12.1 Å². The molecule has 0 saturated carbocycles. The van der Waals surface area contributed by atoms with Crippen LogP contribution in [0.15, 0.2) is 34.9 Å². The summed E-state index contributed by atoms with van der Waals surface area (Å²) in [5, 5.41) is 0. The Morgan fingerprint density at radius 1 is 1.32 bits per heavy atom. The fourth-order valence-electron chi connectivity index (χ4n) is 2.27. The molecule has 0 amide bonds. The van der Waals surface area contributed by atoms with Crippen LogP contribution in [0.25, 0.3) is 5.65 Å². The molecule has 4 nitrogen and oxygen atoms in total. The number of fused-ring (bicyclic) bond motifs is 1. The molecule has 0 aliphatic rings. The van der Waals surface area contributed by atoms with Crippen LogP contribution >= 0.6 is 15.9 Å². The summed E-state index contributed by atoms with van der Waals surface area (Å²) in [6.45, 7) is 1.66. The molecule has 112 valence electrons. The number of pyridine rings is 1. The summed E-state index contributed by atoms with van der Waals surface area (Å²) in [5.74, 6) is -2.45. The van der Waals surface area contributed by atoms with Gasteiger partial charge in [0.05, 0.1) is 10.2 Å². The maximum atomic E-state index is 13.6. The van der Waals surface area contributed by atoms with Crippen LogP contribution in [-0.2, 0) is 0 Å². The Hall–Kier alpha value is -2.28. The van der Waals surface area contributed by atoms with E-state index < -0.39 is 23.1 Å². The number of carbonyl (C=O) groups is 1. The van der Waals surface area contributed by atoms with Gasteiger partial charge in [-0.15, -0.1) is 0 Å². The average Bonchev–Trinajstić information content (AvgIpc) is 2.81. The number of carbonyl (C=O) groups excluding carboxylic acids is 1. The lowest BCUT2D eigenvalue weighted by Gasteiger charge is -2.05. The number of imidazole rings is 1. The van der Waals surface area contributed by atoms with Crippen molar-refractivity contribution in [1.29, 1.82) is 0 Å². The third kappa shape index (κ3) is 2.18. The van der Waals surface area contributed by atoms with E-state index >= 15 is 0 Å². The van der Waals surface area contributed by atoms with Gasteiger partial charge in [-0.1, -0.05) is 0 Å². The highest BCUT2D eigenvalue weighted by Crippen LogP contribution is 2.24. The first-order valence-corrected chi connectivity index (χ1v) is 7.12. The number of nitrogens with two attached hydrogens (primary N) is 1. The van der Waals surface area contributed by atoms with Crippen LogP contribution in [0.1, 0.15) is 21.7 Å². The summed E-state index contributed by atoms with van der Waals surface area (Å²) in [5.41, 5.74) is 5.78. The lowest BCUT2D eigenvalue weighted by Crippen LogP contribution is -2.09. The molecule has 0 bridgehead atoms. The number of anilines is 1. The van der Waals surface area contributed by atoms with Gasteiger partial charge in [-0.2, -0.15) is 0 Å². The molecule has 22 heavy (non-hydrogen) atoms. The van der Waals surface area contributed by atoms with Gasteiger partial charge in [0.15, 0.2) is 5.65 Å². The average molecular weight is 366 g/mol. The van der Waals surface area contributed by atoms with Gasteiger partial charge in [-0.3, -0.25) is 9.20 Å². The van der Waals surface area contributed by atoms with Crippen molar-refractivity contribution >= 4 is 33.0 Å². The molecule has 0 aliphatic carbocycles. The molecule has 0 aliphatic heterocycles. The molecule has 0 unspecified atom stereocenters. The Balaban J connectivity index is 2.22. The number of nitrogens with zero attached hydrogens (tertiary/aromatic N) is 2. The van der Waals surface area contributed by atoms with Crippen LogP contribution in [0.5, 0.6) is 0 Å². The van der Waals surface area contributed by atoms with Gasteiger partial charge in [0, 0.05) is 11.8 Å². The quantitative estimate of drug-likeness (QED) is 0.558. The van der Waals surface area contributed by atoms with E-state index in [0.29, 0.717) is 15.8 Å². The first-order chi connectivity index (χ1) is 10.4. The van der Waals surface area contributed by atoms with Gasteiger partial charge >= 0.3 is 0 Å². The van der Waals surface area contributed by atoms with Crippen molar-refractivity contribution < 1.29 is 13.6 Å². The molecule has 0 radical (unpaired) electrons. The third-order valence-corrected chi connectivity index (χ3v) is 3.95. The molecular weight excluding hydrogens is 356 g/mol. The predicted octanol–water partition coefficient (Wildman–Crippen LogP) is 3.50. The summed E-state index contributed by atoms with van der Waals surface area (Å²) in [7, 11) is 0. The van der Waals surface area contributed by atoms with Gasteiger partial charge in [0.2, 0.25) is 5.78 Å². The van der Waals surface area contributed by atoms with Crippen LogP contribution in [0.4, 0.5) is 14.5 Å². The zero-order chi connectivity index (χ0) is 16.0. The number of hydrogen-bond donors (Lipinski definition) is 1. The number of hydrogen-bond acceptors (Lipinski definition) is 3. The molecule has 2 heterocycles. The van der Waals surface area contributed by atoms with E-state index in [1.807, 2.05) is 0 Å². The summed E-state index contributed by atoms with van der Waals surface area (Å²) >= 11 is 3.35. The second kappa shape index (κ2) is 5.17. The highest BCUT2D eigenvalue weighted by atomic mass is 79.9. The minimum absolute atomic E-state index is 0.117. The van der Waals surface area contributed by atoms with E-state index in [4.69, 9.17) is 5.73 Å². The summed E-state index contributed by atoms with van der Waals surface area (Å²) in [4.78, 5) is 16.9. The van der Waals surface area contributed by atoms with Crippen molar-refractivity contribution in [2.75, 3.05) is 5.73 Å². The van der Waals surface area contributed by atoms with Gasteiger partial charge in [0.25, 0.3) is 0 Å². The highest BCUT2D eigenvalue weighted by Gasteiger charge is 2.21. The number of rotatable bonds is 2. The number of halogens is 3. The van der Waals surface area contributed by atoms with Crippen molar-refractivity contribution in [3.63, 3.8) is 0 Å². The zero-order valence-electron chi connectivity index (χ0n) is 11.4. The SMILES string of the molecule is Cc1nc2c(Br)cccn2c1C(=O)c1cc(F)c(N)c(F)c1. The standard InChI is InChI=1S/C15H10BrF2N3O/c1-7-13(21-4-2-3-9(16)15(21)20-7)14(22)8-5-10(17)12(19)11(18)6-8/h2-6H,19H2,1H3. The second-order valence-corrected chi connectivity index (χ2v) is 5.63.